The van der Waals surface area contributed by atoms with E-state index in [9.17, 15) is 0 Å². The fourth-order valence-electron chi connectivity index (χ4n) is 2.12. The van der Waals surface area contributed by atoms with Gasteiger partial charge in [-0.1, -0.05) is 35.9 Å². The molecule has 2 heterocycles. The van der Waals surface area contributed by atoms with Gasteiger partial charge in [-0.05, 0) is 11.6 Å². The summed E-state index contributed by atoms with van der Waals surface area (Å²) in [5, 5.41) is 0.407. The second-order valence-electron chi connectivity index (χ2n) is 4.26. The van der Waals surface area contributed by atoms with Crippen LogP contribution >= 0.6 is 11.6 Å². The Labute approximate surface area is 116 Å². The van der Waals surface area contributed by atoms with Crippen LogP contribution in [0.1, 0.15) is 22.6 Å². The van der Waals surface area contributed by atoms with Gasteiger partial charge in [0.15, 0.2) is 5.82 Å². The fourth-order valence-corrected chi connectivity index (χ4v) is 2.33. The number of rotatable bonds is 3. The monoisotopic (exact) mass is 273 g/mol. The van der Waals surface area contributed by atoms with Crippen LogP contribution < -0.4 is 0 Å². The lowest BCUT2D eigenvalue weighted by atomic mass is 10.1. The molecule has 0 amide bonds. The second-order valence-corrected chi connectivity index (χ2v) is 4.65. The van der Waals surface area contributed by atoms with Crippen LogP contribution in [0, 0.1) is 0 Å². The highest BCUT2D eigenvalue weighted by Crippen LogP contribution is 2.22. The van der Waals surface area contributed by atoms with Crippen LogP contribution in [0.15, 0.2) is 35.3 Å². The van der Waals surface area contributed by atoms with Crippen molar-refractivity contribution in [3.8, 4) is 0 Å². The van der Waals surface area contributed by atoms with Gasteiger partial charge in [-0.15, -0.1) is 0 Å². The molecule has 3 rings (SSSR count). The highest BCUT2D eigenvalue weighted by Gasteiger charge is 2.19. The SMILES string of the molecule is COCc1cc(Cl)nc(C2=NCc3ccccc32)n1. The zero-order chi connectivity index (χ0) is 13.2. The van der Waals surface area contributed by atoms with Gasteiger partial charge in [0.2, 0.25) is 0 Å². The molecule has 0 aliphatic carbocycles. The zero-order valence-electron chi connectivity index (χ0n) is 10.4. The molecule has 0 bridgehead atoms. The van der Waals surface area contributed by atoms with Crippen molar-refractivity contribution in [1.82, 2.24) is 9.97 Å². The Bertz CT molecular complexity index is 655. The van der Waals surface area contributed by atoms with E-state index in [0.717, 1.165) is 17.0 Å². The molecule has 4 nitrogen and oxygen atoms in total. The van der Waals surface area contributed by atoms with Gasteiger partial charge >= 0.3 is 0 Å². The molecule has 1 aliphatic rings. The number of hydrogen-bond acceptors (Lipinski definition) is 4. The van der Waals surface area contributed by atoms with Crippen molar-refractivity contribution in [3.05, 3.63) is 58.1 Å². The Kier molecular flexibility index (Phi) is 3.27. The lowest BCUT2D eigenvalue weighted by Gasteiger charge is -2.05. The first kappa shape index (κ1) is 12.3. The first-order valence-corrected chi connectivity index (χ1v) is 6.31. The van der Waals surface area contributed by atoms with Crippen LogP contribution in [-0.2, 0) is 17.9 Å². The smallest absolute Gasteiger partial charge is 0.180 e. The van der Waals surface area contributed by atoms with Crippen LogP contribution in [0.2, 0.25) is 5.15 Å². The van der Waals surface area contributed by atoms with Gasteiger partial charge in [0.1, 0.15) is 10.9 Å². The summed E-state index contributed by atoms with van der Waals surface area (Å²) in [4.78, 5) is 13.2. The number of nitrogens with zero attached hydrogens (tertiary/aromatic N) is 3. The summed E-state index contributed by atoms with van der Waals surface area (Å²) in [6.07, 6.45) is 0. The van der Waals surface area contributed by atoms with E-state index in [0.29, 0.717) is 24.1 Å². The van der Waals surface area contributed by atoms with E-state index in [1.165, 1.54) is 5.56 Å². The topological polar surface area (TPSA) is 47.4 Å². The van der Waals surface area contributed by atoms with Gasteiger partial charge in [-0.3, -0.25) is 4.99 Å². The lowest BCUT2D eigenvalue weighted by Crippen LogP contribution is -2.09. The first-order chi connectivity index (χ1) is 9.28. The van der Waals surface area contributed by atoms with Gasteiger partial charge < -0.3 is 4.74 Å². The molecule has 1 aliphatic heterocycles. The van der Waals surface area contributed by atoms with Gasteiger partial charge in [-0.25, -0.2) is 9.97 Å². The van der Waals surface area contributed by atoms with E-state index in [2.05, 4.69) is 21.0 Å². The average molecular weight is 274 g/mol. The molecule has 1 aromatic carbocycles. The summed E-state index contributed by atoms with van der Waals surface area (Å²) < 4.78 is 5.08. The number of benzene rings is 1. The number of aromatic nitrogens is 2. The third kappa shape index (κ3) is 2.37. The van der Waals surface area contributed by atoms with Gasteiger partial charge in [0.05, 0.1) is 18.8 Å². The maximum atomic E-state index is 6.03. The Morgan fingerprint density at radius 1 is 1.26 bits per heavy atom. The van der Waals surface area contributed by atoms with E-state index in [1.807, 2.05) is 18.2 Å². The molecular formula is C14H12ClN3O. The third-order valence-corrected chi connectivity index (χ3v) is 3.13. The van der Waals surface area contributed by atoms with E-state index in [-0.39, 0.29) is 0 Å². The molecule has 0 N–H and O–H groups in total. The van der Waals surface area contributed by atoms with Crippen LogP contribution in [0.25, 0.3) is 0 Å². The number of hydrogen-bond donors (Lipinski definition) is 0. The molecule has 5 heteroatoms. The van der Waals surface area contributed by atoms with E-state index in [1.54, 1.807) is 13.2 Å². The largest absolute Gasteiger partial charge is 0.378 e. The van der Waals surface area contributed by atoms with Crippen molar-refractivity contribution >= 4 is 17.3 Å². The van der Waals surface area contributed by atoms with E-state index < -0.39 is 0 Å². The summed E-state index contributed by atoms with van der Waals surface area (Å²) in [5.74, 6) is 0.560. The predicted octanol–water partition coefficient (Wildman–Crippen LogP) is 2.63. The van der Waals surface area contributed by atoms with Crippen LogP contribution in [0.5, 0.6) is 0 Å². The second kappa shape index (κ2) is 5.07. The van der Waals surface area contributed by atoms with Crippen LogP contribution in [0.4, 0.5) is 0 Å². The molecule has 96 valence electrons. The normalized spacial score (nSPS) is 13.3. The Hall–Kier alpha value is -1.78. The van der Waals surface area contributed by atoms with Crippen LogP contribution in [-0.4, -0.2) is 22.8 Å². The maximum Gasteiger partial charge on any atom is 0.180 e. The predicted molar refractivity (Wildman–Crippen MR) is 73.5 cm³/mol. The summed E-state index contributed by atoms with van der Waals surface area (Å²) in [6, 6.07) is 9.79. The summed E-state index contributed by atoms with van der Waals surface area (Å²) in [5.41, 5.74) is 3.82. The van der Waals surface area contributed by atoms with Gasteiger partial charge in [-0.2, -0.15) is 0 Å². The molecule has 0 fully saturated rings. The molecule has 0 radical (unpaired) electrons. The number of halogens is 1. The highest BCUT2D eigenvalue weighted by atomic mass is 35.5. The first-order valence-electron chi connectivity index (χ1n) is 5.93. The van der Waals surface area contributed by atoms with Crippen LogP contribution in [0.3, 0.4) is 0 Å². The number of aliphatic imine (C=N–C) groups is 1. The van der Waals surface area contributed by atoms with Crippen molar-refractivity contribution in [2.45, 2.75) is 13.2 Å². The Morgan fingerprint density at radius 3 is 2.95 bits per heavy atom. The Morgan fingerprint density at radius 2 is 2.11 bits per heavy atom. The third-order valence-electron chi connectivity index (χ3n) is 2.93. The fraction of sp³-hybridized carbons (Fsp3) is 0.214. The molecule has 19 heavy (non-hydrogen) atoms. The molecular weight excluding hydrogens is 262 g/mol. The van der Waals surface area contributed by atoms with E-state index in [4.69, 9.17) is 16.3 Å². The maximum absolute atomic E-state index is 6.03. The van der Waals surface area contributed by atoms with Crippen molar-refractivity contribution in [1.29, 1.82) is 0 Å². The van der Waals surface area contributed by atoms with E-state index >= 15 is 0 Å². The number of ether oxygens (including phenoxy) is 1. The quantitative estimate of drug-likeness (QED) is 0.808. The number of methoxy groups -OCH3 is 1. The minimum atomic E-state index is 0.407. The molecule has 1 aromatic heterocycles. The van der Waals surface area contributed by atoms with Crippen molar-refractivity contribution < 1.29 is 4.74 Å². The minimum Gasteiger partial charge on any atom is -0.378 e. The lowest BCUT2D eigenvalue weighted by molar-refractivity contribution is 0.181. The molecule has 2 aromatic rings. The highest BCUT2D eigenvalue weighted by molar-refractivity contribution is 6.29. The van der Waals surface area contributed by atoms with Crippen molar-refractivity contribution in [2.24, 2.45) is 4.99 Å². The molecule has 0 saturated heterocycles. The molecule has 0 unspecified atom stereocenters. The molecule has 0 spiro atoms. The van der Waals surface area contributed by atoms with Gasteiger partial charge in [0.25, 0.3) is 0 Å². The summed E-state index contributed by atoms with van der Waals surface area (Å²) in [6.45, 7) is 1.07. The Balaban J connectivity index is 2.04. The zero-order valence-corrected chi connectivity index (χ0v) is 11.2. The average Bonchev–Trinajstić information content (AvgIpc) is 2.82. The summed E-state index contributed by atoms with van der Waals surface area (Å²) in [7, 11) is 1.62. The molecule has 0 atom stereocenters. The van der Waals surface area contributed by atoms with Gasteiger partial charge in [0, 0.05) is 12.7 Å². The standard InChI is InChI=1S/C14H12ClN3O/c1-19-8-10-6-12(15)18-14(17-10)13-11-5-3-2-4-9(11)7-16-13/h2-6H,7-8H2,1H3. The van der Waals surface area contributed by atoms with Crippen molar-refractivity contribution in [3.63, 3.8) is 0 Å². The number of fused-ring (bicyclic) bond motifs is 1. The van der Waals surface area contributed by atoms with Crippen molar-refractivity contribution in [2.75, 3.05) is 7.11 Å². The molecule has 0 saturated carbocycles. The summed E-state index contributed by atoms with van der Waals surface area (Å²) >= 11 is 6.03. The minimum absolute atomic E-state index is 0.407.